The van der Waals surface area contributed by atoms with Gasteiger partial charge in [-0.1, -0.05) is 0 Å². The molecule has 0 unspecified atom stereocenters. The van der Waals surface area contributed by atoms with Crippen LogP contribution in [0.25, 0.3) is 0 Å². The van der Waals surface area contributed by atoms with Crippen molar-refractivity contribution in [2.75, 3.05) is 6.61 Å². The first-order valence-electron chi connectivity index (χ1n) is 4.52. The van der Waals surface area contributed by atoms with Crippen molar-refractivity contribution in [1.82, 2.24) is 0 Å². The summed E-state index contributed by atoms with van der Waals surface area (Å²) in [5.74, 6) is -2.51. The third-order valence-electron chi connectivity index (χ3n) is 2.20. The van der Waals surface area contributed by atoms with Gasteiger partial charge in [0, 0.05) is 11.8 Å². The van der Waals surface area contributed by atoms with Crippen LogP contribution in [-0.2, 0) is 14.3 Å². The fourth-order valence-electron chi connectivity index (χ4n) is 1.35. The number of carbonyl (C=O) groups excluding carboxylic acids is 2. The van der Waals surface area contributed by atoms with Gasteiger partial charge in [0.2, 0.25) is 6.43 Å². The molecule has 3 nitrogen and oxygen atoms in total. The lowest BCUT2D eigenvalue weighted by Gasteiger charge is -2.00. The molecule has 0 saturated heterocycles. The smallest absolute Gasteiger partial charge is 0.313 e. The maximum absolute atomic E-state index is 12.0. The number of alkyl halides is 2. The second-order valence-corrected chi connectivity index (χ2v) is 3.29. The van der Waals surface area contributed by atoms with Crippen molar-refractivity contribution >= 4 is 11.8 Å². The van der Waals surface area contributed by atoms with E-state index in [4.69, 9.17) is 0 Å². The van der Waals surface area contributed by atoms with E-state index in [9.17, 15) is 18.4 Å². The van der Waals surface area contributed by atoms with Gasteiger partial charge in [0.1, 0.15) is 12.2 Å². The van der Waals surface area contributed by atoms with Crippen LogP contribution in [0, 0.1) is 11.8 Å². The number of halogens is 2. The van der Waals surface area contributed by atoms with Gasteiger partial charge in [-0.15, -0.1) is 0 Å². The summed E-state index contributed by atoms with van der Waals surface area (Å²) in [4.78, 5) is 22.0. The fourth-order valence-corrected chi connectivity index (χ4v) is 1.35. The van der Waals surface area contributed by atoms with E-state index in [0.717, 1.165) is 0 Å². The number of hydrogen-bond acceptors (Lipinski definition) is 3. The minimum Gasteiger partial charge on any atom is -0.466 e. The van der Waals surface area contributed by atoms with Gasteiger partial charge in [0.15, 0.2) is 0 Å². The Morgan fingerprint density at radius 1 is 1.50 bits per heavy atom. The molecule has 0 spiro atoms. The first kappa shape index (κ1) is 11.1. The summed E-state index contributed by atoms with van der Waals surface area (Å²) in [6, 6.07) is 0. The molecule has 1 saturated carbocycles. The number of Topliss-reactive ketones (excluding diaryl/α,β-unsaturated/α-hetero) is 1. The summed E-state index contributed by atoms with van der Waals surface area (Å²) in [7, 11) is 0. The minimum absolute atomic E-state index is 0.203. The van der Waals surface area contributed by atoms with E-state index in [-0.39, 0.29) is 19.4 Å². The van der Waals surface area contributed by atoms with Gasteiger partial charge in [0.05, 0.1) is 6.61 Å². The largest absolute Gasteiger partial charge is 0.466 e. The molecule has 1 fully saturated rings. The van der Waals surface area contributed by atoms with Crippen molar-refractivity contribution in [2.24, 2.45) is 11.8 Å². The molecular weight excluding hydrogens is 194 g/mol. The topological polar surface area (TPSA) is 43.4 Å². The number of carbonyl (C=O) groups is 2. The van der Waals surface area contributed by atoms with Crippen LogP contribution in [0.15, 0.2) is 0 Å². The van der Waals surface area contributed by atoms with Crippen molar-refractivity contribution in [3.8, 4) is 0 Å². The van der Waals surface area contributed by atoms with Gasteiger partial charge in [-0.2, -0.15) is 0 Å². The quantitative estimate of drug-likeness (QED) is 0.504. The summed E-state index contributed by atoms with van der Waals surface area (Å²) < 4.78 is 28.6. The second-order valence-electron chi connectivity index (χ2n) is 3.29. The average molecular weight is 206 g/mol. The van der Waals surface area contributed by atoms with Crippen LogP contribution in [0.1, 0.15) is 19.8 Å². The molecular formula is C9H12F2O3. The van der Waals surface area contributed by atoms with E-state index in [2.05, 4.69) is 4.74 Å². The van der Waals surface area contributed by atoms with Crippen LogP contribution in [-0.4, -0.2) is 24.8 Å². The second kappa shape index (κ2) is 4.48. The lowest BCUT2D eigenvalue weighted by Crippen LogP contribution is -2.14. The van der Waals surface area contributed by atoms with E-state index in [0.29, 0.717) is 0 Å². The molecule has 1 aliphatic carbocycles. The maximum atomic E-state index is 12.0. The number of hydrogen-bond donors (Lipinski definition) is 0. The summed E-state index contributed by atoms with van der Waals surface area (Å²) >= 11 is 0. The first-order valence-corrected chi connectivity index (χ1v) is 4.52. The Hall–Kier alpha value is -1.00. The van der Waals surface area contributed by atoms with E-state index >= 15 is 0 Å². The molecule has 1 aliphatic rings. The standard InChI is InChI=1S/C9H12F2O3/c1-2-14-8(13)4-7(12)5-3-6(5)9(10)11/h5-6,9H,2-4H2,1H3/t5-,6-/m0/s1. The Bertz CT molecular complexity index is 240. The van der Waals surface area contributed by atoms with E-state index in [1.165, 1.54) is 0 Å². The molecule has 14 heavy (non-hydrogen) atoms. The Balaban J connectivity index is 2.28. The van der Waals surface area contributed by atoms with Crippen LogP contribution in [0.5, 0.6) is 0 Å². The summed E-state index contributed by atoms with van der Waals surface area (Å²) in [6.45, 7) is 1.83. The Labute approximate surface area is 80.4 Å². The molecule has 0 aromatic rings. The van der Waals surface area contributed by atoms with Crippen LogP contribution in [0.3, 0.4) is 0 Å². The number of ether oxygens (including phenoxy) is 1. The van der Waals surface area contributed by atoms with Crippen molar-refractivity contribution in [3.63, 3.8) is 0 Å². The fraction of sp³-hybridized carbons (Fsp3) is 0.778. The monoisotopic (exact) mass is 206 g/mol. The number of rotatable bonds is 5. The van der Waals surface area contributed by atoms with Gasteiger partial charge in [-0.25, -0.2) is 8.78 Å². The van der Waals surface area contributed by atoms with Crippen molar-refractivity contribution in [3.05, 3.63) is 0 Å². The number of ketones is 1. The van der Waals surface area contributed by atoms with E-state index in [1.807, 2.05) is 0 Å². The van der Waals surface area contributed by atoms with Gasteiger partial charge in [-0.05, 0) is 13.3 Å². The molecule has 0 heterocycles. The van der Waals surface area contributed by atoms with Gasteiger partial charge < -0.3 is 4.74 Å². The highest BCUT2D eigenvalue weighted by Crippen LogP contribution is 2.44. The molecule has 0 amide bonds. The summed E-state index contributed by atoms with van der Waals surface area (Å²) in [5.41, 5.74) is 0. The van der Waals surface area contributed by atoms with Crippen LogP contribution in [0.2, 0.25) is 0 Å². The zero-order chi connectivity index (χ0) is 10.7. The van der Waals surface area contributed by atoms with Gasteiger partial charge >= 0.3 is 5.97 Å². The highest BCUT2D eigenvalue weighted by Gasteiger charge is 2.48. The molecule has 80 valence electrons. The first-order chi connectivity index (χ1) is 6.56. The summed E-state index contributed by atoms with van der Waals surface area (Å²) in [5, 5.41) is 0. The third kappa shape index (κ3) is 2.75. The lowest BCUT2D eigenvalue weighted by molar-refractivity contribution is -0.145. The van der Waals surface area contributed by atoms with E-state index in [1.54, 1.807) is 6.92 Å². The highest BCUT2D eigenvalue weighted by molar-refractivity contribution is 5.98. The maximum Gasteiger partial charge on any atom is 0.313 e. The van der Waals surface area contributed by atoms with Gasteiger partial charge in [0.25, 0.3) is 0 Å². The molecule has 0 bridgehead atoms. The molecule has 0 aliphatic heterocycles. The molecule has 0 aromatic carbocycles. The average Bonchev–Trinajstić information content (AvgIpc) is 2.82. The normalized spacial score (nSPS) is 24.9. The molecule has 1 rings (SSSR count). The SMILES string of the molecule is CCOC(=O)CC(=O)[C@H]1C[C@@H]1C(F)F. The lowest BCUT2D eigenvalue weighted by atomic mass is 10.1. The molecule has 5 heteroatoms. The predicted molar refractivity (Wildman–Crippen MR) is 43.9 cm³/mol. The highest BCUT2D eigenvalue weighted by atomic mass is 19.3. The Morgan fingerprint density at radius 2 is 2.14 bits per heavy atom. The van der Waals surface area contributed by atoms with Crippen LogP contribution < -0.4 is 0 Å². The molecule has 0 radical (unpaired) electrons. The van der Waals surface area contributed by atoms with Crippen molar-refractivity contribution < 1.29 is 23.1 Å². The van der Waals surface area contributed by atoms with Crippen molar-refractivity contribution in [1.29, 1.82) is 0 Å². The van der Waals surface area contributed by atoms with Crippen molar-refractivity contribution in [2.45, 2.75) is 26.2 Å². The van der Waals surface area contributed by atoms with Crippen LogP contribution in [0.4, 0.5) is 8.78 Å². The zero-order valence-electron chi connectivity index (χ0n) is 7.83. The van der Waals surface area contributed by atoms with E-state index < -0.39 is 30.0 Å². The molecule has 0 N–H and O–H groups in total. The number of esters is 1. The molecule has 2 atom stereocenters. The Kier molecular flexibility index (Phi) is 3.55. The molecule has 0 aromatic heterocycles. The third-order valence-corrected chi connectivity index (χ3v) is 2.20. The zero-order valence-corrected chi connectivity index (χ0v) is 7.83. The van der Waals surface area contributed by atoms with Gasteiger partial charge in [-0.3, -0.25) is 9.59 Å². The minimum atomic E-state index is -2.45. The van der Waals surface area contributed by atoms with Crippen LogP contribution >= 0.6 is 0 Å². The summed E-state index contributed by atoms with van der Waals surface area (Å²) in [6.07, 6.45) is -2.62. The Morgan fingerprint density at radius 3 is 2.57 bits per heavy atom. The predicted octanol–water partition coefficient (Wildman–Crippen LogP) is 1.41.